The lowest BCUT2D eigenvalue weighted by Gasteiger charge is -2.10. The molecule has 0 radical (unpaired) electrons. The molecule has 0 bridgehead atoms. The van der Waals surface area contributed by atoms with Gasteiger partial charge in [0.1, 0.15) is 6.07 Å². The van der Waals surface area contributed by atoms with E-state index < -0.39 is 0 Å². The first-order chi connectivity index (χ1) is 5.38. The number of nitrogens with zero attached hydrogens (tertiary/aromatic N) is 2. The summed E-state index contributed by atoms with van der Waals surface area (Å²) >= 11 is 0. The minimum absolute atomic E-state index is 0.296. The summed E-state index contributed by atoms with van der Waals surface area (Å²) in [4.78, 5) is 0. The van der Waals surface area contributed by atoms with Crippen molar-refractivity contribution in [2.75, 3.05) is 0 Å². The average Bonchev–Trinajstić information content (AvgIpc) is 2.09. The largest absolute Gasteiger partial charge is 0.762 e. The number of allylic oxidation sites excluding steroid dienone is 3. The minimum Gasteiger partial charge on any atom is -0.762 e. The van der Waals surface area contributed by atoms with Crippen molar-refractivity contribution in [2.45, 2.75) is 25.7 Å². The van der Waals surface area contributed by atoms with Crippen molar-refractivity contribution in [1.29, 1.82) is 5.26 Å². The van der Waals surface area contributed by atoms with E-state index in [0.29, 0.717) is 5.57 Å². The van der Waals surface area contributed by atoms with Crippen LogP contribution in [0.2, 0.25) is 0 Å². The van der Waals surface area contributed by atoms with Crippen LogP contribution in [0.4, 0.5) is 0 Å². The molecular formula is C9H9N2-. The summed E-state index contributed by atoms with van der Waals surface area (Å²) in [6.07, 6.45) is 6.22. The second kappa shape index (κ2) is 3.75. The lowest BCUT2D eigenvalue weighted by atomic mass is 9.95. The second-order valence-corrected chi connectivity index (χ2v) is 2.57. The van der Waals surface area contributed by atoms with Crippen LogP contribution in [-0.4, -0.2) is 5.87 Å². The molecule has 0 aromatic carbocycles. The molecule has 1 aliphatic rings. The van der Waals surface area contributed by atoms with E-state index in [2.05, 4.69) is 0 Å². The van der Waals surface area contributed by atoms with Gasteiger partial charge in [0.2, 0.25) is 0 Å². The molecule has 1 rings (SSSR count). The van der Waals surface area contributed by atoms with Crippen LogP contribution in [0.1, 0.15) is 25.7 Å². The van der Waals surface area contributed by atoms with Crippen molar-refractivity contribution >= 4 is 5.87 Å². The summed E-state index contributed by atoms with van der Waals surface area (Å²) in [5.41, 5.74) is 1.24. The lowest BCUT2D eigenvalue weighted by Crippen LogP contribution is -1.94. The SMILES string of the molecule is N#CC(=C=[N-])C1=CCCCC1. The topological polar surface area (TPSA) is 46.1 Å². The molecule has 0 aliphatic heterocycles. The summed E-state index contributed by atoms with van der Waals surface area (Å²) in [5, 5.41) is 17.1. The fourth-order valence-corrected chi connectivity index (χ4v) is 1.23. The third-order valence-electron chi connectivity index (χ3n) is 1.84. The van der Waals surface area contributed by atoms with Crippen LogP contribution >= 0.6 is 0 Å². The van der Waals surface area contributed by atoms with Crippen LogP contribution in [0.15, 0.2) is 17.2 Å². The van der Waals surface area contributed by atoms with Crippen molar-refractivity contribution in [3.8, 4) is 6.07 Å². The Morgan fingerprint density at radius 3 is 2.82 bits per heavy atom. The van der Waals surface area contributed by atoms with Crippen LogP contribution in [-0.2, 0) is 0 Å². The molecule has 0 saturated carbocycles. The van der Waals surface area contributed by atoms with Gasteiger partial charge < -0.3 is 5.41 Å². The number of rotatable bonds is 1. The van der Waals surface area contributed by atoms with Gasteiger partial charge in [0.25, 0.3) is 0 Å². The Hall–Kier alpha value is -1.32. The molecule has 0 N–H and O–H groups in total. The molecule has 0 aromatic heterocycles. The summed E-state index contributed by atoms with van der Waals surface area (Å²) in [7, 11) is 0. The zero-order valence-corrected chi connectivity index (χ0v) is 6.30. The Labute approximate surface area is 66.4 Å². The highest BCUT2D eigenvalue weighted by atomic mass is 14.3. The van der Waals surface area contributed by atoms with Gasteiger partial charge in [0.05, 0.1) is 5.57 Å². The highest BCUT2D eigenvalue weighted by Crippen LogP contribution is 2.21. The Kier molecular flexibility index (Phi) is 2.66. The van der Waals surface area contributed by atoms with Crippen molar-refractivity contribution < 1.29 is 0 Å². The van der Waals surface area contributed by atoms with Crippen molar-refractivity contribution in [3.63, 3.8) is 0 Å². The molecule has 0 saturated heterocycles. The molecule has 0 aromatic rings. The van der Waals surface area contributed by atoms with Crippen LogP contribution in [0.3, 0.4) is 0 Å². The van der Waals surface area contributed by atoms with E-state index in [1.165, 1.54) is 6.42 Å². The first kappa shape index (κ1) is 7.78. The molecule has 0 atom stereocenters. The third-order valence-corrected chi connectivity index (χ3v) is 1.84. The fraction of sp³-hybridized carbons (Fsp3) is 0.444. The zero-order chi connectivity index (χ0) is 8.10. The molecule has 0 fully saturated rings. The maximum Gasteiger partial charge on any atom is 0.106 e. The number of nitriles is 1. The molecular weight excluding hydrogens is 136 g/mol. The summed E-state index contributed by atoms with van der Waals surface area (Å²) in [6, 6.07) is 1.91. The minimum atomic E-state index is 0.296. The zero-order valence-electron chi connectivity index (χ0n) is 6.30. The highest BCUT2D eigenvalue weighted by Gasteiger charge is 2.05. The fourth-order valence-electron chi connectivity index (χ4n) is 1.23. The lowest BCUT2D eigenvalue weighted by molar-refractivity contribution is 0.709. The van der Waals surface area contributed by atoms with Crippen LogP contribution in [0.5, 0.6) is 0 Å². The van der Waals surface area contributed by atoms with Crippen molar-refractivity contribution in [1.82, 2.24) is 0 Å². The van der Waals surface area contributed by atoms with E-state index >= 15 is 0 Å². The maximum atomic E-state index is 8.53. The van der Waals surface area contributed by atoms with Crippen LogP contribution < -0.4 is 0 Å². The van der Waals surface area contributed by atoms with E-state index in [4.69, 9.17) is 10.7 Å². The van der Waals surface area contributed by atoms with Gasteiger partial charge in [-0.1, -0.05) is 6.08 Å². The van der Waals surface area contributed by atoms with E-state index in [1.807, 2.05) is 18.0 Å². The smallest absolute Gasteiger partial charge is 0.106 e. The number of hydrogen-bond donors (Lipinski definition) is 0. The molecule has 0 unspecified atom stereocenters. The van der Waals surface area contributed by atoms with E-state index in [1.54, 1.807) is 0 Å². The van der Waals surface area contributed by atoms with Gasteiger partial charge in [0, 0.05) is 0 Å². The Morgan fingerprint density at radius 1 is 1.55 bits per heavy atom. The van der Waals surface area contributed by atoms with Gasteiger partial charge in [-0.15, -0.1) is 0 Å². The number of hydrogen-bond acceptors (Lipinski definition) is 1. The van der Waals surface area contributed by atoms with Gasteiger partial charge in [0.15, 0.2) is 0 Å². The molecule has 2 nitrogen and oxygen atoms in total. The van der Waals surface area contributed by atoms with Crippen molar-refractivity contribution in [3.05, 3.63) is 22.6 Å². The van der Waals surface area contributed by atoms with Crippen LogP contribution in [0, 0.1) is 11.3 Å². The van der Waals surface area contributed by atoms with Gasteiger partial charge in [-0.2, -0.15) is 5.26 Å². The van der Waals surface area contributed by atoms with E-state index in [0.717, 1.165) is 24.8 Å². The monoisotopic (exact) mass is 145 g/mol. The Morgan fingerprint density at radius 2 is 2.36 bits per heavy atom. The first-order valence-electron chi connectivity index (χ1n) is 3.75. The molecule has 2 heteroatoms. The van der Waals surface area contributed by atoms with E-state index in [-0.39, 0.29) is 0 Å². The van der Waals surface area contributed by atoms with Crippen LogP contribution in [0.25, 0.3) is 5.41 Å². The molecule has 11 heavy (non-hydrogen) atoms. The summed E-state index contributed by atoms with van der Waals surface area (Å²) < 4.78 is 0. The standard InChI is InChI=1S/C9H9N2/c10-6-9(7-11)8-4-2-1-3-5-8/h4H,1-3,5H2/q-1. The predicted octanol–water partition coefficient (Wildman–Crippen LogP) is 2.18. The summed E-state index contributed by atoms with van der Waals surface area (Å²) in [5.74, 6) is 1.91. The molecule has 0 heterocycles. The van der Waals surface area contributed by atoms with Gasteiger partial charge in [-0.05, 0) is 31.3 Å². The van der Waals surface area contributed by atoms with Gasteiger partial charge >= 0.3 is 0 Å². The average molecular weight is 145 g/mol. The van der Waals surface area contributed by atoms with Gasteiger partial charge in [-0.3, -0.25) is 5.87 Å². The highest BCUT2D eigenvalue weighted by molar-refractivity contribution is 5.72. The molecule has 56 valence electrons. The first-order valence-corrected chi connectivity index (χ1v) is 3.75. The van der Waals surface area contributed by atoms with E-state index in [9.17, 15) is 0 Å². The Bertz CT molecular complexity index is 262. The van der Waals surface area contributed by atoms with Gasteiger partial charge in [-0.25, -0.2) is 0 Å². The predicted molar refractivity (Wildman–Crippen MR) is 44.0 cm³/mol. The summed E-state index contributed by atoms with van der Waals surface area (Å²) in [6.45, 7) is 0. The maximum absolute atomic E-state index is 8.53. The van der Waals surface area contributed by atoms with Crippen molar-refractivity contribution in [2.24, 2.45) is 0 Å². The molecule has 0 spiro atoms. The third kappa shape index (κ3) is 1.80. The normalized spacial score (nSPS) is 16.1. The second-order valence-electron chi connectivity index (χ2n) is 2.57. The quantitative estimate of drug-likeness (QED) is 0.412. The molecule has 0 amide bonds. The Balaban J connectivity index is 2.82. The molecule has 1 aliphatic carbocycles.